The van der Waals surface area contributed by atoms with Gasteiger partial charge >= 0.3 is 0 Å². The quantitative estimate of drug-likeness (QED) is 0.544. The number of imide groups is 1. The highest BCUT2D eigenvalue weighted by Crippen LogP contribution is 2.43. The molecule has 2 aromatic rings. The molecule has 4 rings (SSSR count). The lowest BCUT2D eigenvalue weighted by Crippen LogP contribution is -2.31. The van der Waals surface area contributed by atoms with Crippen molar-refractivity contribution in [2.75, 3.05) is 6.54 Å². The predicted molar refractivity (Wildman–Crippen MR) is 109 cm³/mol. The van der Waals surface area contributed by atoms with Gasteiger partial charge in [0.15, 0.2) is 0 Å². The van der Waals surface area contributed by atoms with Crippen molar-refractivity contribution in [3.63, 3.8) is 0 Å². The minimum absolute atomic E-state index is 0.0919. The summed E-state index contributed by atoms with van der Waals surface area (Å²) in [4.78, 5) is 36.9. The normalized spacial score (nSPS) is 16.8. The van der Waals surface area contributed by atoms with Crippen LogP contribution in [-0.2, 0) is 14.4 Å². The summed E-state index contributed by atoms with van der Waals surface area (Å²) >= 11 is 0. The Hall–Kier alpha value is -3.61. The number of phenolic OH excluding ortho intramolecular Hbond substituents is 1. The van der Waals surface area contributed by atoms with Gasteiger partial charge in [0.1, 0.15) is 17.2 Å². The van der Waals surface area contributed by atoms with Crippen molar-refractivity contribution < 1.29 is 24.2 Å². The first kappa shape index (κ1) is 19.7. The van der Waals surface area contributed by atoms with Gasteiger partial charge in [-0.05, 0) is 31.0 Å². The Kier molecular flexibility index (Phi) is 5.52. The molecule has 2 aliphatic rings. The van der Waals surface area contributed by atoms with Gasteiger partial charge in [0.25, 0.3) is 11.8 Å². The molecule has 7 nitrogen and oxygen atoms in total. The van der Waals surface area contributed by atoms with Crippen LogP contribution in [0.25, 0.3) is 0 Å². The van der Waals surface area contributed by atoms with Crippen LogP contribution in [-0.4, -0.2) is 34.3 Å². The Morgan fingerprint density at radius 1 is 0.967 bits per heavy atom. The van der Waals surface area contributed by atoms with Gasteiger partial charge in [-0.2, -0.15) is 0 Å². The van der Waals surface area contributed by atoms with Gasteiger partial charge in [0, 0.05) is 42.3 Å². The van der Waals surface area contributed by atoms with E-state index in [2.05, 4.69) is 5.32 Å². The maximum atomic E-state index is 12.6. The zero-order valence-electron chi connectivity index (χ0n) is 16.3. The van der Waals surface area contributed by atoms with Gasteiger partial charge in [-0.15, -0.1) is 0 Å². The van der Waals surface area contributed by atoms with E-state index in [1.807, 2.05) is 24.3 Å². The van der Waals surface area contributed by atoms with Crippen LogP contribution in [0, 0.1) is 0 Å². The Morgan fingerprint density at radius 3 is 2.50 bits per heavy atom. The van der Waals surface area contributed by atoms with Crippen molar-refractivity contribution in [1.29, 1.82) is 0 Å². The molecular formula is C23H22N2O5. The summed E-state index contributed by atoms with van der Waals surface area (Å²) in [6.07, 6.45) is 4.95. The molecule has 2 aromatic carbocycles. The van der Waals surface area contributed by atoms with E-state index in [0.29, 0.717) is 37.3 Å². The van der Waals surface area contributed by atoms with Crippen molar-refractivity contribution >= 4 is 17.7 Å². The molecule has 1 unspecified atom stereocenters. The lowest BCUT2D eigenvalue weighted by atomic mass is 9.94. The molecule has 154 valence electrons. The highest BCUT2D eigenvalue weighted by atomic mass is 16.5. The lowest BCUT2D eigenvalue weighted by Gasteiger charge is -2.29. The predicted octanol–water partition coefficient (Wildman–Crippen LogP) is 3.19. The molecule has 0 spiro atoms. The van der Waals surface area contributed by atoms with E-state index < -0.39 is 0 Å². The average Bonchev–Trinajstić information content (AvgIpc) is 3.05. The molecule has 0 bridgehead atoms. The number of amides is 3. The second-order valence-electron chi connectivity index (χ2n) is 7.33. The van der Waals surface area contributed by atoms with E-state index in [9.17, 15) is 19.5 Å². The number of carbonyl (C=O) groups is 3. The summed E-state index contributed by atoms with van der Waals surface area (Å²) in [7, 11) is 0. The van der Waals surface area contributed by atoms with Gasteiger partial charge in [-0.3, -0.25) is 19.3 Å². The van der Waals surface area contributed by atoms with Crippen molar-refractivity contribution in [2.24, 2.45) is 0 Å². The first-order valence-electron chi connectivity index (χ1n) is 9.95. The molecule has 1 atom stereocenters. The monoisotopic (exact) mass is 406 g/mol. The number of aromatic hydroxyl groups is 1. The summed E-state index contributed by atoms with van der Waals surface area (Å²) in [5.74, 6) is 0.623. The number of phenols is 1. The number of unbranched alkanes of at least 4 members (excludes halogenated alkanes) is 2. The Bertz CT molecular complexity index is 1010. The summed E-state index contributed by atoms with van der Waals surface area (Å²) in [5, 5.41) is 12.8. The Morgan fingerprint density at radius 2 is 1.70 bits per heavy atom. The minimum Gasteiger partial charge on any atom is -0.508 e. The second kappa shape index (κ2) is 8.41. The number of hydrogen-bond donors (Lipinski definition) is 2. The number of ether oxygens (including phenoxy) is 1. The SMILES string of the molecule is O=C(CCCCCN1C(=O)C=CC1=O)NC1c2ccccc2Oc2cc(O)ccc21. The van der Waals surface area contributed by atoms with E-state index in [1.165, 1.54) is 17.1 Å². The van der Waals surface area contributed by atoms with Gasteiger partial charge in [-0.25, -0.2) is 0 Å². The van der Waals surface area contributed by atoms with Gasteiger partial charge in [0.2, 0.25) is 5.91 Å². The molecule has 0 radical (unpaired) electrons. The van der Waals surface area contributed by atoms with Crippen molar-refractivity contribution in [3.8, 4) is 17.2 Å². The van der Waals surface area contributed by atoms with E-state index >= 15 is 0 Å². The van der Waals surface area contributed by atoms with E-state index in [4.69, 9.17) is 4.74 Å². The van der Waals surface area contributed by atoms with E-state index in [-0.39, 0.29) is 29.5 Å². The Balaban J connectivity index is 1.33. The standard InChI is InChI=1S/C23H22N2O5/c26-15-9-10-17-19(14-15)30-18-7-4-3-6-16(18)23(17)24-20(27)8-2-1-5-13-25-21(28)11-12-22(25)29/h3-4,6-7,9-12,14,23,26H,1-2,5,8,13H2,(H,24,27). The van der Waals surface area contributed by atoms with E-state index in [1.54, 1.807) is 18.2 Å². The molecule has 0 aromatic heterocycles. The molecule has 0 saturated heterocycles. The molecule has 30 heavy (non-hydrogen) atoms. The third kappa shape index (κ3) is 4.05. The smallest absolute Gasteiger partial charge is 0.253 e. The van der Waals surface area contributed by atoms with E-state index in [0.717, 1.165) is 17.5 Å². The fourth-order valence-electron chi connectivity index (χ4n) is 3.72. The van der Waals surface area contributed by atoms with Crippen LogP contribution in [0.4, 0.5) is 0 Å². The molecule has 3 amide bonds. The van der Waals surface area contributed by atoms with Gasteiger partial charge in [-0.1, -0.05) is 24.6 Å². The summed E-state index contributed by atoms with van der Waals surface area (Å²) in [6, 6.07) is 12.0. The molecule has 7 heteroatoms. The summed E-state index contributed by atoms with van der Waals surface area (Å²) in [5.41, 5.74) is 1.65. The van der Waals surface area contributed by atoms with Crippen LogP contribution in [0.15, 0.2) is 54.6 Å². The number of nitrogens with one attached hydrogen (secondary N) is 1. The lowest BCUT2D eigenvalue weighted by molar-refractivity contribution is -0.137. The number of carbonyl (C=O) groups excluding carboxylic acids is 3. The molecule has 2 aliphatic heterocycles. The maximum absolute atomic E-state index is 12.6. The third-order valence-corrected chi connectivity index (χ3v) is 5.25. The number of nitrogens with zero attached hydrogens (tertiary/aromatic N) is 1. The molecule has 2 heterocycles. The minimum atomic E-state index is -0.357. The molecule has 0 saturated carbocycles. The summed E-state index contributed by atoms with van der Waals surface area (Å²) in [6.45, 7) is 0.372. The third-order valence-electron chi connectivity index (χ3n) is 5.25. The Labute approximate surface area is 174 Å². The molecule has 0 fully saturated rings. The topological polar surface area (TPSA) is 95.9 Å². The number of fused-ring (bicyclic) bond motifs is 2. The largest absolute Gasteiger partial charge is 0.508 e. The van der Waals surface area contributed by atoms with Crippen LogP contribution >= 0.6 is 0 Å². The molecule has 2 N–H and O–H groups in total. The van der Waals surface area contributed by atoms with Crippen LogP contribution in [0.3, 0.4) is 0 Å². The summed E-state index contributed by atoms with van der Waals surface area (Å²) < 4.78 is 5.87. The number of benzene rings is 2. The van der Waals surface area contributed by atoms with Crippen LogP contribution in [0.5, 0.6) is 17.2 Å². The van der Waals surface area contributed by atoms with Crippen molar-refractivity contribution in [3.05, 3.63) is 65.7 Å². The molecule has 0 aliphatic carbocycles. The fourth-order valence-corrected chi connectivity index (χ4v) is 3.72. The maximum Gasteiger partial charge on any atom is 0.253 e. The fraction of sp³-hybridized carbons (Fsp3) is 0.261. The number of para-hydroxylation sites is 1. The van der Waals surface area contributed by atoms with Crippen LogP contribution in [0.2, 0.25) is 0 Å². The van der Waals surface area contributed by atoms with Crippen molar-refractivity contribution in [2.45, 2.75) is 31.7 Å². The highest BCUT2D eigenvalue weighted by Gasteiger charge is 2.28. The highest BCUT2D eigenvalue weighted by molar-refractivity contribution is 6.12. The number of hydrogen-bond acceptors (Lipinski definition) is 5. The van der Waals surface area contributed by atoms with Crippen LogP contribution in [0.1, 0.15) is 42.9 Å². The average molecular weight is 406 g/mol. The number of rotatable bonds is 7. The van der Waals surface area contributed by atoms with Crippen molar-refractivity contribution in [1.82, 2.24) is 10.2 Å². The zero-order chi connectivity index (χ0) is 21.1. The first-order chi connectivity index (χ1) is 14.5. The van der Waals surface area contributed by atoms with Gasteiger partial charge in [0.05, 0.1) is 6.04 Å². The van der Waals surface area contributed by atoms with Gasteiger partial charge < -0.3 is 15.2 Å². The second-order valence-corrected chi connectivity index (χ2v) is 7.33. The first-order valence-corrected chi connectivity index (χ1v) is 9.95. The van der Waals surface area contributed by atoms with Crippen LogP contribution < -0.4 is 10.1 Å². The molecular weight excluding hydrogens is 384 g/mol. The zero-order valence-corrected chi connectivity index (χ0v) is 16.3.